The van der Waals surface area contributed by atoms with E-state index in [0.717, 1.165) is 32.2 Å². The van der Waals surface area contributed by atoms with Crippen LogP contribution < -0.4 is 11.1 Å². The zero-order chi connectivity index (χ0) is 13.8. The van der Waals surface area contributed by atoms with Gasteiger partial charge < -0.3 is 16.0 Å². The van der Waals surface area contributed by atoms with Crippen LogP contribution in [0.4, 0.5) is 0 Å². The highest BCUT2D eigenvalue weighted by Crippen LogP contribution is 2.32. The second kappa shape index (κ2) is 6.37. The first-order chi connectivity index (χ1) is 9.11. The third kappa shape index (κ3) is 3.93. The van der Waals surface area contributed by atoms with Gasteiger partial charge in [0.05, 0.1) is 5.92 Å². The van der Waals surface area contributed by atoms with E-state index in [2.05, 4.69) is 5.32 Å². The van der Waals surface area contributed by atoms with Gasteiger partial charge in [-0.15, -0.1) is 0 Å². The molecule has 0 spiro atoms. The number of hydrogen-bond acceptors (Lipinski definition) is 3. The fourth-order valence-corrected chi connectivity index (χ4v) is 2.48. The van der Waals surface area contributed by atoms with Crippen LogP contribution in [0.1, 0.15) is 32.6 Å². The van der Waals surface area contributed by atoms with E-state index in [1.807, 2.05) is 11.8 Å². The fourth-order valence-electron chi connectivity index (χ4n) is 2.48. The van der Waals surface area contributed by atoms with Crippen molar-refractivity contribution in [2.24, 2.45) is 23.5 Å². The van der Waals surface area contributed by atoms with Crippen molar-refractivity contribution in [1.29, 1.82) is 0 Å². The summed E-state index contributed by atoms with van der Waals surface area (Å²) in [6, 6.07) is 0. The monoisotopic (exact) mass is 267 g/mol. The lowest BCUT2D eigenvalue weighted by Gasteiger charge is -2.32. The highest BCUT2D eigenvalue weighted by molar-refractivity contribution is 5.83. The highest BCUT2D eigenvalue weighted by atomic mass is 16.2. The zero-order valence-corrected chi connectivity index (χ0v) is 11.7. The molecule has 2 fully saturated rings. The Hall–Kier alpha value is -1.10. The summed E-state index contributed by atoms with van der Waals surface area (Å²) >= 11 is 0. The maximum atomic E-state index is 12.1. The van der Waals surface area contributed by atoms with Crippen molar-refractivity contribution < 1.29 is 9.59 Å². The number of piperidine rings is 1. The Morgan fingerprint density at radius 2 is 2.05 bits per heavy atom. The topological polar surface area (TPSA) is 75.4 Å². The minimum atomic E-state index is -0.0403. The van der Waals surface area contributed by atoms with E-state index in [9.17, 15) is 9.59 Å². The summed E-state index contributed by atoms with van der Waals surface area (Å²) in [7, 11) is 0. The van der Waals surface area contributed by atoms with E-state index in [-0.39, 0.29) is 23.7 Å². The lowest BCUT2D eigenvalue weighted by atomic mass is 9.96. The van der Waals surface area contributed by atoms with Crippen molar-refractivity contribution in [3.8, 4) is 0 Å². The van der Waals surface area contributed by atoms with Crippen LogP contribution in [0.25, 0.3) is 0 Å². The fraction of sp³-hybridized carbons (Fsp3) is 0.857. The minimum absolute atomic E-state index is 0.0403. The summed E-state index contributed by atoms with van der Waals surface area (Å²) in [6.07, 6.45) is 3.88. The average molecular weight is 267 g/mol. The molecule has 0 aromatic carbocycles. The third-order valence-electron chi connectivity index (χ3n) is 4.06. The van der Waals surface area contributed by atoms with Crippen molar-refractivity contribution in [1.82, 2.24) is 10.2 Å². The zero-order valence-electron chi connectivity index (χ0n) is 11.7. The van der Waals surface area contributed by atoms with E-state index >= 15 is 0 Å². The van der Waals surface area contributed by atoms with Crippen LogP contribution in [0, 0.1) is 17.8 Å². The van der Waals surface area contributed by atoms with Crippen LogP contribution in [0.15, 0.2) is 0 Å². The van der Waals surface area contributed by atoms with E-state index in [1.54, 1.807) is 0 Å². The molecule has 2 rings (SSSR count). The van der Waals surface area contributed by atoms with Gasteiger partial charge in [0.15, 0.2) is 0 Å². The number of likely N-dealkylation sites (tertiary alicyclic amines) is 1. The highest BCUT2D eigenvalue weighted by Gasteiger charge is 2.36. The summed E-state index contributed by atoms with van der Waals surface area (Å²) in [6.45, 7) is 4.64. The number of nitrogens with two attached hydrogens (primary N) is 1. The molecule has 19 heavy (non-hydrogen) atoms. The van der Waals surface area contributed by atoms with Crippen molar-refractivity contribution in [3.63, 3.8) is 0 Å². The lowest BCUT2D eigenvalue weighted by molar-refractivity contribution is -0.136. The molecule has 5 nitrogen and oxygen atoms in total. The standard InChI is InChI=1S/C14H25N3O2/c1-10(7-15)8-16-13(18)12-3-2-6-17(9-12)14(19)11-4-5-11/h10-12H,2-9,15H2,1H3,(H,16,18). The van der Waals surface area contributed by atoms with Gasteiger partial charge in [0.2, 0.25) is 11.8 Å². The Morgan fingerprint density at radius 1 is 1.32 bits per heavy atom. The predicted octanol–water partition coefficient (Wildman–Crippen LogP) is 0.346. The molecule has 2 atom stereocenters. The quantitative estimate of drug-likeness (QED) is 0.754. The summed E-state index contributed by atoms with van der Waals surface area (Å²) in [5, 5.41) is 2.95. The van der Waals surface area contributed by atoms with Gasteiger partial charge in [-0.25, -0.2) is 0 Å². The van der Waals surface area contributed by atoms with Crippen molar-refractivity contribution in [2.75, 3.05) is 26.2 Å². The van der Waals surface area contributed by atoms with E-state index < -0.39 is 0 Å². The third-order valence-corrected chi connectivity index (χ3v) is 4.06. The molecule has 1 heterocycles. The SMILES string of the molecule is CC(CN)CNC(=O)C1CCCN(C(=O)C2CC2)C1. The normalized spacial score (nSPS) is 24.9. The van der Waals surface area contributed by atoms with Gasteiger partial charge in [0.25, 0.3) is 0 Å². The molecule has 0 radical (unpaired) electrons. The first kappa shape index (κ1) is 14.3. The first-order valence-corrected chi connectivity index (χ1v) is 7.38. The minimum Gasteiger partial charge on any atom is -0.355 e. The number of nitrogens with one attached hydrogen (secondary N) is 1. The van der Waals surface area contributed by atoms with Crippen molar-refractivity contribution in [3.05, 3.63) is 0 Å². The molecule has 1 saturated carbocycles. The Kier molecular flexibility index (Phi) is 4.80. The van der Waals surface area contributed by atoms with Crippen LogP contribution >= 0.6 is 0 Å². The number of carbonyl (C=O) groups is 2. The van der Waals surface area contributed by atoms with Crippen LogP contribution in [-0.4, -0.2) is 42.9 Å². The number of amides is 2. The molecule has 2 unspecified atom stereocenters. The maximum absolute atomic E-state index is 12.1. The molecule has 1 aliphatic heterocycles. The maximum Gasteiger partial charge on any atom is 0.225 e. The molecule has 0 aromatic heterocycles. The lowest BCUT2D eigenvalue weighted by Crippen LogP contribution is -2.46. The molecule has 1 saturated heterocycles. The van der Waals surface area contributed by atoms with Gasteiger partial charge in [-0.1, -0.05) is 6.92 Å². The van der Waals surface area contributed by atoms with Gasteiger partial charge in [-0.3, -0.25) is 9.59 Å². The molecular weight excluding hydrogens is 242 g/mol. The average Bonchev–Trinajstić information content (AvgIpc) is 3.28. The Bertz CT molecular complexity index is 342. The van der Waals surface area contributed by atoms with E-state index in [1.165, 1.54) is 0 Å². The van der Waals surface area contributed by atoms with Crippen LogP contribution in [-0.2, 0) is 9.59 Å². The van der Waals surface area contributed by atoms with Gasteiger partial charge in [-0.2, -0.15) is 0 Å². The molecule has 3 N–H and O–H groups in total. The smallest absolute Gasteiger partial charge is 0.225 e. The summed E-state index contributed by atoms with van der Waals surface area (Å²) in [5.41, 5.74) is 5.53. The predicted molar refractivity (Wildman–Crippen MR) is 73.3 cm³/mol. The summed E-state index contributed by atoms with van der Waals surface area (Å²) in [4.78, 5) is 26.0. The Balaban J connectivity index is 1.79. The molecule has 0 aromatic rings. The summed E-state index contributed by atoms with van der Waals surface area (Å²) in [5.74, 6) is 0.846. The second-order valence-electron chi connectivity index (χ2n) is 5.98. The van der Waals surface area contributed by atoms with Crippen LogP contribution in [0.5, 0.6) is 0 Å². The molecule has 2 aliphatic rings. The molecule has 108 valence electrons. The van der Waals surface area contributed by atoms with Crippen LogP contribution in [0.3, 0.4) is 0 Å². The molecule has 1 aliphatic carbocycles. The number of nitrogens with zero attached hydrogens (tertiary/aromatic N) is 1. The van der Waals surface area contributed by atoms with E-state index in [4.69, 9.17) is 5.73 Å². The molecule has 2 amide bonds. The number of hydrogen-bond donors (Lipinski definition) is 2. The number of rotatable bonds is 5. The molecule has 0 bridgehead atoms. The van der Waals surface area contributed by atoms with Crippen molar-refractivity contribution in [2.45, 2.75) is 32.6 Å². The van der Waals surface area contributed by atoms with Crippen LogP contribution in [0.2, 0.25) is 0 Å². The van der Waals surface area contributed by atoms with E-state index in [0.29, 0.717) is 25.6 Å². The second-order valence-corrected chi connectivity index (χ2v) is 5.98. The van der Waals surface area contributed by atoms with Crippen molar-refractivity contribution >= 4 is 11.8 Å². The van der Waals surface area contributed by atoms with Gasteiger partial charge in [-0.05, 0) is 38.1 Å². The summed E-state index contributed by atoms with van der Waals surface area (Å²) < 4.78 is 0. The largest absolute Gasteiger partial charge is 0.355 e. The molecule has 5 heteroatoms. The Labute approximate surface area is 114 Å². The van der Waals surface area contributed by atoms with Gasteiger partial charge >= 0.3 is 0 Å². The Morgan fingerprint density at radius 3 is 2.68 bits per heavy atom. The number of carbonyl (C=O) groups excluding carboxylic acids is 2. The first-order valence-electron chi connectivity index (χ1n) is 7.38. The van der Waals surface area contributed by atoms with Gasteiger partial charge in [0.1, 0.15) is 0 Å². The molecular formula is C14H25N3O2. The van der Waals surface area contributed by atoms with Gasteiger partial charge in [0, 0.05) is 25.6 Å².